The van der Waals surface area contributed by atoms with Crippen LogP contribution in [0.5, 0.6) is 0 Å². The summed E-state index contributed by atoms with van der Waals surface area (Å²) in [6.45, 7) is 7.39. The maximum Gasteiger partial charge on any atom is 0.0726 e. The molecule has 11 atom stereocenters. The van der Waals surface area contributed by atoms with Crippen molar-refractivity contribution in [3.05, 3.63) is 11.6 Å². The Morgan fingerprint density at radius 2 is 1.76 bits per heavy atom. The minimum atomic E-state index is -0.106. The second-order valence-electron chi connectivity index (χ2n) is 12.2. The zero-order chi connectivity index (χ0) is 19.9. The lowest BCUT2D eigenvalue weighted by atomic mass is 9.56. The van der Waals surface area contributed by atoms with Crippen LogP contribution in [0.2, 0.25) is 0 Å². The van der Waals surface area contributed by atoms with Gasteiger partial charge < -0.3 is 10.2 Å². The molecule has 2 N–H and O–H groups in total. The van der Waals surface area contributed by atoms with Crippen molar-refractivity contribution in [2.75, 3.05) is 13.1 Å². The highest BCUT2D eigenvalue weighted by Gasteiger charge is 2.59. The molecular weight excluding hydrogens is 358 g/mol. The van der Waals surface area contributed by atoms with Gasteiger partial charge in [0, 0.05) is 19.1 Å². The quantitative estimate of drug-likeness (QED) is 0.599. The molecule has 6 rings (SSSR count). The number of aliphatic hydroxyl groups excluding tert-OH is 2. The van der Waals surface area contributed by atoms with Gasteiger partial charge in [-0.05, 0) is 105 Å². The summed E-state index contributed by atoms with van der Waals surface area (Å²) < 4.78 is 0. The zero-order valence-corrected chi connectivity index (χ0v) is 18.5. The van der Waals surface area contributed by atoms with Gasteiger partial charge in [0.25, 0.3) is 0 Å². The van der Waals surface area contributed by atoms with Gasteiger partial charge in [0.1, 0.15) is 0 Å². The molecule has 29 heavy (non-hydrogen) atoms. The van der Waals surface area contributed by atoms with Gasteiger partial charge >= 0.3 is 0 Å². The van der Waals surface area contributed by atoms with Crippen LogP contribution in [0.15, 0.2) is 11.6 Å². The summed E-state index contributed by atoms with van der Waals surface area (Å²) in [7, 11) is 0. The van der Waals surface area contributed by atoms with Crippen molar-refractivity contribution in [1.82, 2.24) is 4.90 Å². The number of hydrogen-bond donors (Lipinski definition) is 2. The van der Waals surface area contributed by atoms with Crippen molar-refractivity contribution in [3.8, 4) is 0 Å². The molecule has 0 amide bonds. The summed E-state index contributed by atoms with van der Waals surface area (Å²) in [5.41, 5.74) is 1.92. The second kappa shape index (κ2) is 6.81. The number of allylic oxidation sites excluding steroid dienone is 1. The average Bonchev–Trinajstić information content (AvgIpc) is 3.09. The maximum absolute atomic E-state index is 11.4. The summed E-state index contributed by atoms with van der Waals surface area (Å²) in [5.74, 6) is 5.46. The normalized spacial score (nSPS) is 57.0. The van der Waals surface area contributed by atoms with E-state index in [2.05, 4.69) is 24.8 Å². The largest absolute Gasteiger partial charge is 0.393 e. The number of hydrogen-bond acceptors (Lipinski definition) is 3. The third-order valence-corrected chi connectivity index (χ3v) is 11.0. The minimum absolute atomic E-state index is 0.0843. The van der Waals surface area contributed by atoms with Crippen molar-refractivity contribution < 1.29 is 10.2 Å². The fraction of sp³-hybridized carbons (Fsp3) is 0.923. The number of fused-ring (bicyclic) bond motifs is 8. The Bertz CT molecular complexity index is 688. The topological polar surface area (TPSA) is 43.7 Å². The predicted molar refractivity (Wildman–Crippen MR) is 115 cm³/mol. The van der Waals surface area contributed by atoms with E-state index in [9.17, 15) is 10.2 Å². The maximum atomic E-state index is 11.4. The van der Waals surface area contributed by atoms with Gasteiger partial charge in [-0.3, -0.25) is 4.90 Å². The summed E-state index contributed by atoms with van der Waals surface area (Å²) >= 11 is 0. The van der Waals surface area contributed by atoms with Gasteiger partial charge in [-0.2, -0.15) is 0 Å². The molecule has 0 spiro atoms. The summed E-state index contributed by atoms with van der Waals surface area (Å²) in [5, 5.41) is 21.6. The first kappa shape index (κ1) is 19.3. The van der Waals surface area contributed by atoms with Gasteiger partial charge in [0.2, 0.25) is 0 Å². The van der Waals surface area contributed by atoms with Crippen LogP contribution in [0.25, 0.3) is 0 Å². The molecule has 3 nitrogen and oxygen atoms in total. The van der Waals surface area contributed by atoms with Crippen molar-refractivity contribution in [3.63, 3.8) is 0 Å². The van der Waals surface area contributed by atoms with Gasteiger partial charge in [0.15, 0.2) is 0 Å². The second-order valence-corrected chi connectivity index (χ2v) is 12.2. The molecule has 0 bridgehead atoms. The molecule has 3 heteroatoms. The fourth-order valence-corrected chi connectivity index (χ4v) is 9.51. The van der Waals surface area contributed by atoms with Crippen molar-refractivity contribution >= 4 is 0 Å². The lowest BCUT2D eigenvalue weighted by Gasteiger charge is -2.55. The number of piperidine rings is 2. The Balaban J connectivity index is 1.27. The minimum Gasteiger partial charge on any atom is -0.393 e. The summed E-state index contributed by atoms with van der Waals surface area (Å²) in [6, 6.07) is 0.443. The molecule has 0 radical (unpaired) electrons. The lowest BCUT2D eigenvalue weighted by Crippen LogP contribution is -2.61. The van der Waals surface area contributed by atoms with Crippen LogP contribution in [0.1, 0.15) is 71.6 Å². The van der Waals surface area contributed by atoms with E-state index in [0.717, 1.165) is 48.3 Å². The molecule has 5 fully saturated rings. The van der Waals surface area contributed by atoms with Crippen molar-refractivity contribution in [2.24, 2.45) is 46.8 Å². The summed E-state index contributed by atoms with van der Waals surface area (Å²) in [6.07, 6.45) is 13.2. The molecule has 6 aliphatic rings. The standard InChI is InChI=1S/C26H41NO2/c1-15-3-8-24-25(29)20-7-6-18-19-5-4-16-11-17(28)9-10-26(16,2)23(19)12-21(18)22(20)14-27(24)13-15/h4,15,17-25,28-29H,3,5-14H2,1-2H3. The van der Waals surface area contributed by atoms with Gasteiger partial charge in [0.05, 0.1) is 12.2 Å². The number of aliphatic hydroxyl groups is 2. The van der Waals surface area contributed by atoms with E-state index in [1.807, 2.05) is 0 Å². The first-order chi connectivity index (χ1) is 14.0. The zero-order valence-electron chi connectivity index (χ0n) is 18.5. The SMILES string of the molecule is CC1CCC2C(O)C3CCC4C(CC5C4CC=C4CC(O)CCC45C)C3CN2C1. The molecule has 4 aliphatic carbocycles. The third-order valence-electron chi connectivity index (χ3n) is 11.0. The Kier molecular flexibility index (Phi) is 4.53. The van der Waals surface area contributed by atoms with Crippen LogP contribution >= 0.6 is 0 Å². The molecule has 2 heterocycles. The van der Waals surface area contributed by atoms with Gasteiger partial charge in [-0.25, -0.2) is 0 Å². The summed E-state index contributed by atoms with van der Waals surface area (Å²) in [4.78, 5) is 2.70. The molecular formula is C26H41NO2. The van der Waals surface area contributed by atoms with Crippen molar-refractivity contribution in [2.45, 2.75) is 89.9 Å². The van der Waals surface area contributed by atoms with Crippen LogP contribution < -0.4 is 0 Å². The van der Waals surface area contributed by atoms with E-state index in [0.29, 0.717) is 17.4 Å². The van der Waals surface area contributed by atoms with E-state index in [4.69, 9.17) is 0 Å². The fourth-order valence-electron chi connectivity index (χ4n) is 9.51. The monoisotopic (exact) mass is 399 g/mol. The molecule has 0 aromatic rings. The average molecular weight is 400 g/mol. The molecule has 0 aromatic carbocycles. The van der Waals surface area contributed by atoms with E-state index in [1.165, 1.54) is 58.0 Å². The highest BCUT2D eigenvalue weighted by molar-refractivity contribution is 5.25. The van der Waals surface area contributed by atoms with Crippen LogP contribution in [0.3, 0.4) is 0 Å². The van der Waals surface area contributed by atoms with E-state index in [1.54, 1.807) is 5.57 Å². The Morgan fingerprint density at radius 1 is 0.931 bits per heavy atom. The Hall–Kier alpha value is -0.380. The third kappa shape index (κ3) is 2.79. The van der Waals surface area contributed by atoms with Gasteiger partial charge in [-0.15, -0.1) is 0 Å². The molecule has 2 saturated heterocycles. The van der Waals surface area contributed by atoms with Crippen LogP contribution in [-0.2, 0) is 0 Å². The molecule has 0 aromatic heterocycles. The number of nitrogens with zero attached hydrogens (tertiary/aromatic N) is 1. The van der Waals surface area contributed by atoms with Gasteiger partial charge in [-0.1, -0.05) is 25.5 Å². The molecule has 162 valence electrons. The Labute approximate surface area is 176 Å². The van der Waals surface area contributed by atoms with Crippen molar-refractivity contribution in [1.29, 1.82) is 0 Å². The van der Waals surface area contributed by atoms with E-state index >= 15 is 0 Å². The first-order valence-electron chi connectivity index (χ1n) is 12.8. The van der Waals surface area contributed by atoms with Crippen LogP contribution in [-0.4, -0.2) is 46.5 Å². The smallest absolute Gasteiger partial charge is 0.0726 e. The molecule has 11 unspecified atom stereocenters. The molecule has 2 aliphatic heterocycles. The highest BCUT2D eigenvalue weighted by atomic mass is 16.3. The highest BCUT2D eigenvalue weighted by Crippen LogP contribution is 2.65. The van der Waals surface area contributed by atoms with Crippen LogP contribution in [0.4, 0.5) is 0 Å². The number of rotatable bonds is 0. The van der Waals surface area contributed by atoms with Crippen LogP contribution in [0, 0.1) is 46.8 Å². The van der Waals surface area contributed by atoms with E-state index in [-0.39, 0.29) is 12.2 Å². The molecule has 3 saturated carbocycles. The predicted octanol–water partition coefficient (Wildman–Crippen LogP) is 4.24. The first-order valence-corrected chi connectivity index (χ1v) is 12.8. The lowest BCUT2D eigenvalue weighted by molar-refractivity contribution is -0.118. The Morgan fingerprint density at radius 3 is 2.62 bits per heavy atom. The van der Waals surface area contributed by atoms with E-state index < -0.39 is 0 Å².